The first-order chi connectivity index (χ1) is 9.54. The minimum Gasteiger partial charge on any atom is -0.508 e. The molecule has 0 aliphatic heterocycles. The molecule has 104 valence electrons. The molecule has 2 aromatic carbocycles. The molecule has 0 radical (unpaired) electrons. The van der Waals surface area contributed by atoms with Gasteiger partial charge in [-0.2, -0.15) is 0 Å². The number of halogens is 2. The molecular weight excluding hydrogens is 264 g/mol. The van der Waals surface area contributed by atoms with E-state index in [2.05, 4.69) is 5.32 Å². The van der Waals surface area contributed by atoms with Crippen LogP contribution in [-0.4, -0.2) is 11.0 Å². The number of carbonyl (C=O) groups is 1. The van der Waals surface area contributed by atoms with Crippen LogP contribution in [0.1, 0.15) is 11.1 Å². The van der Waals surface area contributed by atoms with Crippen LogP contribution < -0.4 is 5.32 Å². The molecule has 0 saturated carbocycles. The molecule has 0 heterocycles. The molecule has 0 aliphatic carbocycles. The Balaban J connectivity index is 1.88. The number of nitrogens with one attached hydrogen (secondary N) is 1. The van der Waals surface area contributed by atoms with E-state index in [1.54, 1.807) is 12.1 Å². The van der Waals surface area contributed by atoms with E-state index in [9.17, 15) is 13.6 Å². The zero-order valence-electron chi connectivity index (χ0n) is 10.6. The van der Waals surface area contributed by atoms with Crippen LogP contribution in [0.3, 0.4) is 0 Å². The second kappa shape index (κ2) is 6.14. The van der Waals surface area contributed by atoms with Crippen molar-refractivity contribution in [1.29, 1.82) is 0 Å². The third kappa shape index (κ3) is 3.78. The molecule has 5 heteroatoms. The average molecular weight is 277 g/mol. The molecule has 0 fully saturated rings. The van der Waals surface area contributed by atoms with Crippen molar-refractivity contribution in [3.05, 3.63) is 65.2 Å². The van der Waals surface area contributed by atoms with Crippen LogP contribution in [0.4, 0.5) is 8.78 Å². The van der Waals surface area contributed by atoms with Crippen molar-refractivity contribution in [2.75, 3.05) is 0 Å². The van der Waals surface area contributed by atoms with Gasteiger partial charge in [0, 0.05) is 6.54 Å². The number of hydrogen-bond donors (Lipinski definition) is 2. The van der Waals surface area contributed by atoms with E-state index < -0.39 is 11.6 Å². The monoisotopic (exact) mass is 277 g/mol. The molecule has 0 aliphatic rings. The maximum Gasteiger partial charge on any atom is 0.224 e. The van der Waals surface area contributed by atoms with Crippen molar-refractivity contribution in [3.8, 4) is 5.75 Å². The number of aromatic hydroxyl groups is 1. The van der Waals surface area contributed by atoms with Gasteiger partial charge in [-0.15, -0.1) is 0 Å². The zero-order valence-corrected chi connectivity index (χ0v) is 10.6. The number of hydrogen-bond acceptors (Lipinski definition) is 2. The summed E-state index contributed by atoms with van der Waals surface area (Å²) in [4.78, 5) is 11.7. The van der Waals surface area contributed by atoms with E-state index in [0.29, 0.717) is 5.56 Å². The lowest BCUT2D eigenvalue weighted by Gasteiger charge is -2.06. The minimum absolute atomic E-state index is 0.133. The van der Waals surface area contributed by atoms with Crippen LogP contribution in [0.5, 0.6) is 5.75 Å². The fraction of sp³-hybridized carbons (Fsp3) is 0.133. The normalized spacial score (nSPS) is 10.3. The fourth-order valence-corrected chi connectivity index (χ4v) is 1.71. The smallest absolute Gasteiger partial charge is 0.224 e. The van der Waals surface area contributed by atoms with Gasteiger partial charge >= 0.3 is 0 Å². The second-order valence-electron chi connectivity index (χ2n) is 4.37. The standard InChI is InChI=1S/C15H13F2NO2/c16-13-6-3-11(7-14(13)17)9-18-15(20)8-10-1-4-12(19)5-2-10/h1-7,19H,8-9H2,(H,18,20). The maximum absolute atomic E-state index is 13.0. The summed E-state index contributed by atoms with van der Waals surface area (Å²) in [5.41, 5.74) is 1.24. The number of carbonyl (C=O) groups excluding carboxylic acids is 1. The van der Waals surface area contributed by atoms with Crippen molar-refractivity contribution >= 4 is 5.91 Å². The number of amides is 1. The minimum atomic E-state index is -0.935. The molecule has 0 spiro atoms. The molecule has 2 aromatic rings. The van der Waals surface area contributed by atoms with E-state index in [1.165, 1.54) is 18.2 Å². The van der Waals surface area contributed by atoms with E-state index in [0.717, 1.165) is 17.7 Å². The highest BCUT2D eigenvalue weighted by Crippen LogP contribution is 2.11. The predicted octanol–water partition coefficient (Wildman–Crippen LogP) is 2.53. The summed E-state index contributed by atoms with van der Waals surface area (Å²) < 4.78 is 25.7. The highest BCUT2D eigenvalue weighted by Gasteiger charge is 2.06. The van der Waals surface area contributed by atoms with Crippen molar-refractivity contribution in [2.45, 2.75) is 13.0 Å². The van der Waals surface area contributed by atoms with Gasteiger partial charge in [0.25, 0.3) is 0 Å². The largest absolute Gasteiger partial charge is 0.508 e. The Hall–Kier alpha value is -2.43. The molecule has 0 unspecified atom stereocenters. The highest BCUT2D eigenvalue weighted by molar-refractivity contribution is 5.78. The molecule has 1 amide bonds. The Morgan fingerprint density at radius 3 is 2.30 bits per heavy atom. The Kier molecular flexibility index (Phi) is 4.30. The second-order valence-corrected chi connectivity index (χ2v) is 4.37. The molecular formula is C15H13F2NO2. The van der Waals surface area contributed by atoms with Crippen molar-refractivity contribution in [1.82, 2.24) is 5.32 Å². The van der Waals surface area contributed by atoms with Crippen LogP contribution >= 0.6 is 0 Å². The topological polar surface area (TPSA) is 49.3 Å². The van der Waals surface area contributed by atoms with E-state index in [-0.39, 0.29) is 24.6 Å². The Morgan fingerprint density at radius 1 is 1.00 bits per heavy atom. The van der Waals surface area contributed by atoms with Gasteiger partial charge < -0.3 is 10.4 Å². The van der Waals surface area contributed by atoms with Crippen molar-refractivity contribution in [2.24, 2.45) is 0 Å². The Bertz CT molecular complexity index is 612. The lowest BCUT2D eigenvalue weighted by molar-refractivity contribution is -0.120. The molecule has 20 heavy (non-hydrogen) atoms. The molecule has 3 nitrogen and oxygen atoms in total. The van der Waals surface area contributed by atoms with Gasteiger partial charge in [0.15, 0.2) is 11.6 Å². The van der Waals surface area contributed by atoms with Gasteiger partial charge in [-0.05, 0) is 35.4 Å². The number of benzene rings is 2. The van der Waals surface area contributed by atoms with Gasteiger partial charge in [0.2, 0.25) is 5.91 Å². The van der Waals surface area contributed by atoms with Gasteiger partial charge in [-0.25, -0.2) is 8.78 Å². The Morgan fingerprint density at radius 2 is 1.65 bits per heavy atom. The zero-order chi connectivity index (χ0) is 14.5. The summed E-state index contributed by atoms with van der Waals surface area (Å²) in [5, 5.41) is 11.7. The number of phenolic OH excluding ortho intramolecular Hbond substituents is 1. The van der Waals surface area contributed by atoms with Gasteiger partial charge in [0.05, 0.1) is 6.42 Å². The third-order valence-electron chi connectivity index (χ3n) is 2.77. The van der Waals surface area contributed by atoms with E-state index in [4.69, 9.17) is 5.11 Å². The summed E-state index contributed by atoms with van der Waals surface area (Å²) in [6, 6.07) is 9.78. The SMILES string of the molecule is O=C(Cc1ccc(O)cc1)NCc1ccc(F)c(F)c1. The van der Waals surface area contributed by atoms with Crippen molar-refractivity contribution < 1.29 is 18.7 Å². The van der Waals surface area contributed by atoms with E-state index in [1.807, 2.05) is 0 Å². The van der Waals surface area contributed by atoms with Gasteiger partial charge in [-0.1, -0.05) is 18.2 Å². The molecule has 0 bridgehead atoms. The average Bonchev–Trinajstić information content (AvgIpc) is 2.43. The van der Waals surface area contributed by atoms with Gasteiger partial charge in [0.1, 0.15) is 5.75 Å². The molecule has 2 rings (SSSR count). The van der Waals surface area contributed by atoms with Crippen LogP contribution in [0.15, 0.2) is 42.5 Å². The van der Waals surface area contributed by atoms with Crippen LogP contribution in [-0.2, 0) is 17.8 Å². The summed E-state index contributed by atoms with van der Waals surface area (Å²) in [6.07, 6.45) is 0.157. The van der Waals surface area contributed by atoms with Crippen LogP contribution in [0, 0.1) is 11.6 Å². The van der Waals surface area contributed by atoms with E-state index >= 15 is 0 Å². The summed E-state index contributed by atoms with van der Waals surface area (Å²) in [6.45, 7) is 0.133. The first kappa shape index (κ1) is 14.0. The quantitative estimate of drug-likeness (QED) is 0.902. The number of phenols is 1. The lowest BCUT2D eigenvalue weighted by Crippen LogP contribution is -2.24. The molecule has 0 atom stereocenters. The molecule has 0 aromatic heterocycles. The van der Waals surface area contributed by atoms with Gasteiger partial charge in [-0.3, -0.25) is 4.79 Å². The first-order valence-corrected chi connectivity index (χ1v) is 6.03. The van der Waals surface area contributed by atoms with Crippen LogP contribution in [0.2, 0.25) is 0 Å². The first-order valence-electron chi connectivity index (χ1n) is 6.03. The summed E-state index contributed by atoms with van der Waals surface area (Å²) in [7, 11) is 0. The van der Waals surface area contributed by atoms with Crippen molar-refractivity contribution in [3.63, 3.8) is 0 Å². The van der Waals surface area contributed by atoms with Crippen LogP contribution in [0.25, 0.3) is 0 Å². The summed E-state index contributed by atoms with van der Waals surface area (Å²) in [5.74, 6) is -1.95. The number of rotatable bonds is 4. The lowest BCUT2D eigenvalue weighted by atomic mass is 10.1. The Labute approximate surface area is 114 Å². The molecule has 0 saturated heterocycles. The highest BCUT2D eigenvalue weighted by atomic mass is 19.2. The summed E-state index contributed by atoms with van der Waals surface area (Å²) >= 11 is 0. The predicted molar refractivity (Wildman–Crippen MR) is 70.0 cm³/mol. The third-order valence-corrected chi connectivity index (χ3v) is 2.77. The fourth-order valence-electron chi connectivity index (χ4n) is 1.71. The molecule has 2 N–H and O–H groups in total. The maximum atomic E-state index is 13.0.